The molecule has 0 amide bonds. The molecule has 0 radical (unpaired) electrons. The van der Waals surface area contributed by atoms with Crippen molar-refractivity contribution in [2.75, 3.05) is 18.0 Å². The molecule has 0 atom stereocenters. The molecule has 6 heteroatoms. The molecule has 21 heavy (non-hydrogen) atoms. The van der Waals surface area contributed by atoms with Crippen LogP contribution in [0.5, 0.6) is 0 Å². The van der Waals surface area contributed by atoms with Crippen molar-refractivity contribution >= 4 is 11.5 Å². The van der Waals surface area contributed by atoms with E-state index in [2.05, 4.69) is 4.98 Å². The Bertz CT molecular complexity index is 683. The highest BCUT2D eigenvalue weighted by molar-refractivity contribution is 5.95. The lowest BCUT2D eigenvalue weighted by Crippen LogP contribution is -2.56. The molecule has 0 aromatic carbocycles. The molecule has 0 unspecified atom stereocenters. The van der Waals surface area contributed by atoms with Gasteiger partial charge in [0.1, 0.15) is 0 Å². The van der Waals surface area contributed by atoms with E-state index in [1.807, 2.05) is 11.6 Å². The second-order valence-electron chi connectivity index (χ2n) is 5.39. The lowest BCUT2D eigenvalue weighted by Gasteiger charge is -2.40. The highest BCUT2D eigenvalue weighted by Crippen LogP contribution is 2.32. The van der Waals surface area contributed by atoms with E-state index in [1.165, 1.54) is 6.92 Å². The maximum atomic E-state index is 12.9. The number of aromatic nitrogens is 2. The Labute approximate surface area is 121 Å². The Kier molecular flexibility index (Phi) is 3.04. The van der Waals surface area contributed by atoms with E-state index >= 15 is 0 Å². The smallest absolute Gasteiger partial charge is 0.282 e. The number of ketones is 1. The van der Waals surface area contributed by atoms with Crippen LogP contribution >= 0.6 is 0 Å². The first kappa shape index (κ1) is 13.7. The summed E-state index contributed by atoms with van der Waals surface area (Å²) in [6, 6.07) is 5.34. The summed E-state index contributed by atoms with van der Waals surface area (Å²) < 4.78 is 27.5. The third kappa shape index (κ3) is 2.53. The lowest BCUT2D eigenvalue weighted by atomic mass is 10.1. The second kappa shape index (κ2) is 4.65. The number of pyridine rings is 1. The number of hydrogen-bond donors (Lipinski definition) is 0. The molecule has 0 spiro atoms. The molecule has 1 aliphatic heterocycles. The Morgan fingerprint density at radius 1 is 1.33 bits per heavy atom. The van der Waals surface area contributed by atoms with Crippen LogP contribution < -0.4 is 4.90 Å². The van der Waals surface area contributed by atoms with Gasteiger partial charge >= 0.3 is 0 Å². The van der Waals surface area contributed by atoms with Crippen molar-refractivity contribution in [1.82, 2.24) is 9.55 Å². The highest BCUT2D eigenvalue weighted by Gasteiger charge is 2.43. The van der Waals surface area contributed by atoms with Gasteiger partial charge in [-0.25, -0.2) is 8.78 Å². The SMILES string of the molecule is CC(=O)c1cc(-c2ccc(N3CC(F)(F)C3)cn2)n(C)c1. The van der Waals surface area contributed by atoms with Crippen LogP contribution in [-0.2, 0) is 7.05 Å². The summed E-state index contributed by atoms with van der Waals surface area (Å²) in [5, 5.41) is 0. The number of rotatable bonds is 3. The van der Waals surface area contributed by atoms with Crippen molar-refractivity contribution in [1.29, 1.82) is 0 Å². The molecule has 0 bridgehead atoms. The molecule has 2 aromatic rings. The summed E-state index contributed by atoms with van der Waals surface area (Å²) >= 11 is 0. The second-order valence-corrected chi connectivity index (χ2v) is 5.39. The molecule has 3 rings (SSSR count). The van der Waals surface area contributed by atoms with Crippen molar-refractivity contribution in [3.8, 4) is 11.4 Å². The van der Waals surface area contributed by atoms with Gasteiger partial charge in [0.15, 0.2) is 5.78 Å². The Balaban J connectivity index is 1.83. The zero-order valence-corrected chi connectivity index (χ0v) is 11.8. The average Bonchev–Trinajstić information content (AvgIpc) is 2.78. The predicted molar refractivity (Wildman–Crippen MR) is 75.8 cm³/mol. The minimum Gasteiger partial charge on any atom is -0.358 e. The number of carbonyl (C=O) groups excluding carboxylic acids is 1. The molecule has 0 aliphatic carbocycles. The van der Waals surface area contributed by atoms with Crippen LogP contribution in [0.15, 0.2) is 30.6 Å². The third-order valence-corrected chi connectivity index (χ3v) is 3.63. The van der Waals surface area contributed by atoms with E-state index < -0.39 is 5.92 Å². The molecule has 1 saturated heterocycles. The zero-order valence-electron chi connectivity index (χ0n) is 11.8. The first-order chi connectivity index (χ1) is 9.85. The van der Waals surface area contributed by atoms with E-state index in [0.717, 1.165) is 5.69 Å². The standard InChI is InChI=1S/C15H15F2N3O/c1-10(21)11-5-14(19(2)7-11)13-4-3-12(6-18-13)20-8-15(16,17)9-20/h3-7H,8-9H2,1-2H3. The summed E-state index contributed by atoms with van der Waals surface area (Å²) in [6.45, 7) is 0.999. The molecule has 1 aliphatic rings. The molecule has 2 aromatic heterocycles. The number of nitrogens with zero attached hydrogens (tertiary/aromatic N) is 3. The van der Waals surface area contributed by atoms with Crippen molar-refractivity contribution in [3.63, 3.8) is 0 Å². The first-order valence-corrected chi connectivity index (χ1v) is 6.62. The molecular weight excluding hydrogens is 276 g/mol. The van der Waals surface area contributed by atoms with Gasteiger partial charge in [-0.05, 0) is 25.1 Å². The van der Waals surface area contributed by atoms with Crippen molar-refractivity contribution < 1.29 is 13.6 Å². The van der Waals surface area contributed by atoms with E-state index in [9.17, 15) is 13.6 Å². The van der Waals surface area contributed by atoms with Crippen molar-refractivity contribution in [3.05, 3.63) is 36.2 Å². The van der Waals surface area contributed by atoms with E-state index in [4.69, 9.17) is 0 Å². The number of Topliss-reactive ketones (excluding diaryl/α,β-unsaturated/α-hetero) is 1. The monoisotopic (exact) mass is 291 g/mol. The summed E-state index contributed by atoms with van der Waals surface area (Å²) in [4.78, 5) is 17.3. The van der Waals surface area contributed by atoms with Crippen molar-refractivity contribution in [2.24, 2.45) is 7.05 Å². The normalized spacial score (nSPS) is 16.7. The number of carbonyl (C=O) groups is 1. The van der Waals surface area contributed by atoms with E-state index in [0.29, 0.717) is 16.9 Å². The number of alkyl halides is 2. The summed E-state index contributed by atoms with van der Waals surface area (Å²) in [6.07, 6.45) is 3.34. The van der Waals surface area contributed by atoms with Gasteiger partial charge in [-0.2, -0.15) is 0 Å². The van der Waals surface area contributed by atoms with Crippen LogP contribution in [0, 0.1) is 0 Å². The Hall–Kier alpha value is -2.24. The Morgan fingerprint density at radius 2 is 2.05 bits per heavy atom. The van der Waals surface area contributed by atoms with Gasteiger partial charge in [0.25, 0.3) is 5.92 Å². The van der Waals surface area contributed by atoms with Gasteiger partial charge in [0.05, 0.1) is 36.4 Å². The molecule has 4 nitrogen and oxygen atoms in total. The largest absolute Gasteiger partial charge is 0.358 e. The predicted octanol–water partition coefficient (Wildman–Crippen LogP) is 2.75. The fourth-order valence-electron chi connectivity index (χ4n) is 2.43. The highest BCUT2D eigenvalue weighted by atomic mass is 19.3. The van der Waals surface area contributed by atoms with Crippen LogP contribution in [0.25, 0.3) is 11.4 Å². The summed E-state index contributed by atoms with van der Waals surface area (Å²) in [7, 11) is 1.84. The molecule has 3 heterocycles. The minimum absolute atomic E-state index is 0.00344. The van der Waals surface area contributed by atoms with Gasteiger partial charge in [-0.3, -0.25) is 9.78 Å². The number of hydrogen-bond acceptors (Lipinski definition) is 3. The van der Waals surface area contributed by atoms with Crippen LogP contribution in [0.3, 0.4) is 0 Å². The fourth-order valence-corrected chi connectivity index (χ4v) is 2.43. The van der Waals surface area contributed by atoms with E-state index in [-0.39, 0.29) is 18.9 Å². The van der Waals surface area contributed by atoms with Gasteiger partial charge < -0.3 is 9.47 Å². The van der Waals surface area contributed by atoms with Crippen LogP contribution in [0.4, 0.5) is 14.5 Å². The summed E-state index contributed by atoms with van der Waals surface area (Å²) in [5.74, 6) is -2.59. The fraction of sp³-hybridized carbons (Fsp3) is 0.333. The van der Waals surface area contributed by atoms with Crippen LogP contribution in [0.2, 0.25) is 0 Å². The molecule has 0 N–H and O–H groups in total. The van der Waals surface area contributed by atoms with E-state index in [1.54, 1.807) is 35.5 Å². The zero-order chi connectivity index (χ0) is 15.2. The number of halogens is 2. The molecule has 0 saturated carbocycles. The van der Waals surface area contributed by atoms with Crippen molar-refractivity contribution in [2.45, 2.75) is 12.8 Å². The van der Waals surface area contributed by atoms with Gasteiger partial charge in [-0.15, -0.1) is 0 Å². The first-order valence-electron chi connectivity index (χ1n) is 6.62. The number of aryl methyl sites for hydroxylation is 1. The average molecular weight is 291 g/mol. The molecule has 1 fully saturated rings. The quantitative estimate of drug-likeness (QED) is 0.816. The van der Waals surface area contributed by atoms with Gasteiger partial charge in [0, 0.05) is 18.8 Å². The Morgan fingerprint density at radius 3 is 2.52 bits per heavy atom. The number of anilines is 1. The molecule has 110 valence electrons. The summed E-state index contributed by atoms with van der Waals surface area (Å²) in [5.41, 5.74) is 2.84. The topological polar surface area (TPSA) is 38.1 Å². The third-order valence-electron chi connectivity index (χ3n) is 3.63. The maximum absolute atomic E-state index is 12.9. The van der Waals surface area contributed by atoms with Gasteiger partial charge in [0.2, 0.25) is 0 Å². The maximum Gasteiger partial charge on any atom is 0.282 e. The minimum atomic E-state index is -2.59. The van der Waals surface area contributed by atoms with Crippen LogP contribution in [0.1, 0.15) is 17.3 Å². The molecular formula is C15H15F2N3O. The lowest BCUT2D eigenvalue weighted by molar-refractivity contribution is -0.0262. The van der Waals surface area contributed by atoms with Crippen LogP contribution in [-0.4, -0.2) is 34.3 Å². The van der Waals surface area contributed by atoms with Gasteiger partial charge in [-0.1, -0.05) is 0 Å².